The summed E-state index contributed by atoms with van der Waals surface area (Å²) in [5.41, 5.74) is 2.16. The smallest absolute Gasteiger partial charge is 0.232 e. The maximum absolute atomic E-state index is 9.21. The van der Waals surface area contributed by atoms with Gasteiger partial charge < -0.3 is 9.73 Å². The minimum absolute atomic E-state index is 0.217. The van der Waals surface area contributed by atoms with Gasteiger partial charge in [0.05, 0.1) is 0 Å². The average Bonchev–Trinajstić information content (AvgIpc) is 3.02. The van der Waals surface area contributed by atoms with Gasteiger partial charge in [0, 0.05) is 17.6 Å². The van der Waals surface area contributed by atoms with Gasteiger partial charge >= 0.3 is 0 Å². The molecule has 1 heterocycles. The number of nitrogens with one attached hydrogen (secondary N) is 1. The van der Waals surface area contributed by atoms with Gasteiger partial charge in [-0.15, -0.1) is 0 Å². The van der Waals surface area contributed by atoms with Crippen molar-refractivity contribution in [3.05, 3.63) is 82.3 Å². The highest BCUT2D eigenvalue weighted by molar-refractivity contribution is 6.31. The van der Waals surface area contributed by atoms with Gasteiger partial charge in [-0.2, -0.15) is 10.2 Å². The molecule has 4 nitrogen and oxygen atoms in total. The van der Waals surface area contributed by atoms with Crippen molar-refractivity contribution in [3.8, 4) is 6.07 Å². The van der Waals surface area contributed by atoms with Crippen LogP contribution in [0.5, 0.6) is 0 Å². The molecule has 0 aliphatic heterocycles. The monoisotopic (exact) mass is 335 g/mol. The number of nitrogens with zero attached hydrogens (tertiary/aromatic N) is 2. The van der Waals surface area contributed by atoms with Gasteiger partial charge in [0.2, 0.25) is 17.5 Å². The molecule has 0 saturated carbocycles. The molecule has 0 unspecified atom stereocenters. The molecule has 24 heavy (non-hydrogen) atoms. The summed E-state index contributed by atoms with van der Waals surface area (Å²) in [6.45, 7) is 0.450. The third kappa shape index (κ3) is 3.83. The molecule has 0 aliphatic rings. The molecule has 1 aromatic heterocycles. The van der Waals surface area contributed by atoms with Crippen LogP contribution in [0.3, 0.4) is 0 Å². The van der Waals surface area contributed by atoms with Crippen molar-refractivity contribution in [1.82, 2.24) is 4.98 Å². The summed E-state index contributed by atoms with van der Waals surface area (Å²) in [7, 11) is 0. The number of hydrogen-bond donors (Lipinski definition) is 1. The third-order valence-electron chi connectivity index (χ3n) is 3.36. The summed E-state index contributed by atoms with van der Waals surface area (Å²) in [5, 5.41) is 12.9. The van der Waals surface area contributed by atoms with E-state index in [0.717, 1.165) is 11.1 Å². The Morgan fingerprint density at radius 1 is 1.08 bits per heavy atom. The SMILES string of the molecule is N#Cc1nc(C=Cc2ccccc2)oc1NCc1ccccc1Cl. The van der Waals surface area contributed by atoms with Crippen LogP contribution >= 0.6 is 11.6 Å². The number of rotatable bonds is 5. The Labute approximate surface area is 145 Å². The van der Waals surface area contributed by atoms with Crippen molar-refractivity contribution in [2.24, 2.45) is 0 Å². The van der Waals surface area contributed by atoms with Crippen molar-refractivity contribution >= 4 is 29.6 Å². The molecule has 2 aromatic carbocycles. The second kappa shape index (κ2) is 7.49. The van der Waals surface area contributed by atoms with Crippen molar-refractivity contribution in [2.75, 3.05) is 5.32 Å². The molecule has 0 amide bonds. The summed E-state index contributed by atoms with van der Waals surface area (Å²) in [6.07, 6.45) is 3.61. The van der Waals surface area contributed by atoms with Gasteiger partial charge in [0.1, 0.15) is 6.07 Å². The largest absolute Gasteiger partial charge is 0.420 e. The quantitative estimate of drug-likeness (QED) is 0.714. The Morgan fingerprint density at radius 2 is 1.83 bits per heavy atom. The van der Waals surface area contributed by atoms with Crippen LogP contribution in [0.1, 0.15) is 22.7 Å². The molecule has 0 saturated heterocycles. The minimum Gasteiger partial charge on any atom is -0.420 e. The van der Waals surface area contributed by atoms with Gasteiger partial charge in [0.15, 0.2) is 0 Å². The predicted octanol–water partition coefficient (Wildman–Crippen LogP) is 4.98. The van der Waals surface area contributed by atoms with E-state index in [4.69, 9.17) is 16.0 Å². The minimum atomic E-state index is 0.217. The molecular formula is C19H14ClN3O. The highest BCUT2D eigenvalue weighted by Gasteiger charge is 2.11. The zero-order chi connectivity index (χ0) is 16.8. The summed E-state index contributed by atoms with van der Waals surface area (Å²) in [6, 6.07) is 19.3. The normalized spacial score (nSPS) is 10.7. The Hall–Kier alpha value is -3.03. The number of hydrogen-bond acceptors (Lipinski definition) is 4. The zero-order valence-electron chi connectivity index (χ0n) is 12.7. The fourth-order valence-corrected chi connectivity index (χ4v) is 2.36. The van der Waals surface area contributed by atoms with Crippen molar-refractivity contribution in [1.29, 1.82) is 5.26 Å². The molecule has 3 aromatic rings. The van der Waals surface area contributed by atoms with Gasteiger partial charge in [0.25, 0.3) is 0 Å². The molecule has 0 bridgehead atoms. The van der Waals surface area contributed by atoms with Crippen LogP contribution < -0.4 is 5.32 Å². The molecule has 3 rings (SSSR count). The van der Waals surface area contributed by atoms with Crippen LogP contribution in [0, 0.1) is 11.3 Å². The summed E-state index contributed by atoms with van der Waals surface area (Å²) in [4.78, 5) is 4.17. The molecule has 0 aliphatic carbocycles. The molecule has 0 fully saturated rings. The number of benzene rings is 2. The second-order valence-corrected chi connectivity index (χ2v) is 5.44. The zero-order valence-corrected chi connectivity index (χ0v) is 13.5. The summed E-state index contributed by atoms with van der Waals surface area (Å²) in [5.74, 6) is 0.710. The third-order valence-corrected chi connectivity index (χ3v) is 3.73. The summed E-state index contributed by atoms with van der Waals surface area (Å²) >= 11 is 6.12. The van der Waals surface area contributed by atoms with Gasteiger partial charge in [-0.3, -0.25) is 0 Å². The lowest BCUT2D eigenvalue weighted by molar-refractivity contribution is 0.557. The van der Waals surface area contributed by atoms with E-state index in [9.17, 15) is 5.26 Å². The van der Waals surface area contributed by atoms with E-state index in [0.29, 0.717) is 23.3 Å². The number of oxazole rings is 1. The predicted molar refractivity (Wildman–Crippen MR) is 95.4 cm³/mol. The molecule has 0 atom stereocenters. The molecule has 5 heteroatoms. The van der Waals surface area contributed by atoms with E-state index in [1.165, 1.54) is 0 Å². The summed E-state index contributed by atoms with van der Waals surface area (Å²) < 4.78 is 5.61. The van der Waals surface area contributed by atoms with Gasteiger partial charge in [-0.05, 0) is 23.3 Å². The molecule has 118 valence electrons. The first kappa shape index (κ1) is 15.9. The Morgan fingerprint density at radius 3 is 2.58 bits per heavy atom. The van der Waals surface area contributed by atoms with E-state index in [1.807, 2.05) is 66.7 Å². The number of halogens is 1. The van der Waals surface area contributed by atoms with E-state index >= 15 is 0 Å². The average molecular weight is 336 g/mol. The molecule has 0 spiro atoms. The van der Waals surface area contributed by atoms with Gasteiger partial charge in [-0.25, -0.2) is 0 Å². The van der Waals surface area contributed by atoms with E-state index < -0.39 is 0 Å². The van der Waals surface area contributed by atoms with E-state index in [1.54, 1.807) is 6.08 Å². The Bertz CT molecular complexity index is 894. The van der Waals surface area contributed by atoms with Crippen molar-refractivity contribution in [2.45, 2.75) is 6.54 Å². The van der Waals surface area contributed by atoms with Crippen molar-refractivity contribution < 1.29 is 4.42 Å². The molecular weight excluding hydrogens is 322 g/mol. The Balaban J connectivity index is 1.75. The first-order valence-corrected chi connectivity index (χ1v) is 7.75. The first-order chi connectivity index (χ1) is 11.8. The molecule has 0 radical (unpaired) electrons. The van der Waals surface area contributed by atoms with Crippen molar-refractivity contribution in [3.63, 3.8) is 0 Å². The number of aromatic nitrogens is 1. The highest BCUT2D eigenvalue weighted by atomic mass is 35.5. The fourth-order valence-electron chi connectivity index (χ4n) is 2.15. The van der Waals surface area contributed by atoms with Gasteiger partial charge in [-0.1, -0.05) is 60.1 Å². The maximum atomic E-state index is 9.21. The number of anilines is 1. The highest BCUT2D eigenvalue weighted by Crippen LogP contribution is 2.21. The van der Waals surface area contributed by atoms with Crippen LogP contribution in [0.25, 0.3) is 12.2 Å². The van der Waals surface area contributed by atoms with Crippen LogP contribution in [-0.4, -0.2) is 4.98 Å². The van der Waals surface area contributed by atoms with Crippen LogP contribution in [0.4, 0.5) is 5.88 Å². The number of nitriles is 1. The topological polar surface area (TPSA) is 61.9 Å². The lowest BCUT2D eigenvalue weighted by Crippen LogP contribution is -2.00. The van der Waals surface area contributed by atoms with E-state index in [2.05, 4.69) is 10.3 Å². The lowest BCUT2D eigenvalue weighted by atomic mass is 10.2. The Kier molecular flexibility index (Phi) is 4.95. The molecule has 1 N–H and O–H groups in total. The first-order valence-electron chi connectivity index (χ1n) is 7.37. The maximum Gasteiger partial charge on any atom is 0.232 e. The fraction of sp³-hybridized carbons (Fsp3) is 0.0526. The van der Waals surface area contributed by atoms with Crippen LogP contribution in [-0.2, 0) is 6.54 Å². The standard InChI is InChI=1S/C19H14ClN3O/c20-16-9-5-4-8-15(16)13-22-19-17(12-21)23-18(24-19)11-10-14-6-2-1-3-7-14/h1-11,22H,13H2. The van der Waals surface area contributed by atoms with E-state index in [-0.39, 0.29) is 5.69 Å². The lowest BCUT2D eigenvalue weighted by Gasteiger charge is -2.04. The van der Waals surface area contributed by atoms with Crippen LogP contribution in [0.2, 0.25) is 5.02 Å². The van der Waals surface area contributed by atoms with Crippen LogP contribution in [0.15, 0.2) is 59.0 Å². The second-order valence-electron chi connectivity index (χ2n) is 5.03.